The number of ether oxygens (including phenoxy) is 1. The van der Waals surface area contributed by atoms with Crippen LogP contribution in [0.1, 0.15) is 16.2 Å². The summed E-state index contributed by atoms with van der Waals surface area (Å²) in [5.41, 5.74) is 1.88. The van der Waals surface area contributed by atoms with Crippen LogP contribution < -0.4 is 10.1 Å². The number of anilines is 1. The molecular formula is C21H16BrN5O2. The Morgan fingerprint density at radius 1 is 1.10 bits per heavy atom. The highest BCUT2D eigenvalue weighted by atomic mass is 79.9. The number of amides is 1. The number of rotatable bonds is 5. The molecule has 2 aromatic heterocycles. The number of nitrogens with one attached hydrogen (secondary N) is 2. The first-order chi connectivity index (χ1) is 14.1. The van der Waals surface area contributed by atoms with E-state index in [0.29, 0.717) is 28.7 Å². The Kier molecular flexibility index (Phi) is 5.35. The molecule has 0 aliphatic rings. The first kappa shape index (κ1) is 18.8. The average Bonchev–Trinajstić information content (AvgIpc) is 3.17. The molecule has 0 saturated carbocycles. The van der Waals surface area contributed by atoms with Crippen molar-refractivity contribution in [2.75, 3.05) is 5.32 Å². The highest BCUT2D eigenvalue weighted by molar-refractivity contribution is 9.10. The van der Waals surface area contributed by atoms with Crippen LogP contribution in [0.15, 0.2) is 71.3 Å². The van der Waals surface area contributed by atoms with Gasteiger partial charge in [-0.05, 0) is 49.4 Å². The number of pyridine rings is 1. The van der Waals surface area contributed by atoms with Gasteiger partial charge < -0.3 is 10.1 Å². The van der Waals surface area contributed by atoms with E-state index in [0.717, 1.165) is 15.9 Å². The Labute approximate surface area is 175 Å². The van der Waals surface area contributed by atoms with Gasteiger partial charge >= 0.3 is 0 Å². The van der Waals surface area contributed by atoms with Crippen molar-refractivity contribution in [3.63, 3.8) is 0 Å². The van der Waals surface area contributed by atoms with Gasteiger partial charge in [0.25, 0.3) is 5.91 Å². The highest BCUT2D eigenvalue weighted by Gasteiger charge is 2.10. The Hall–Kier alpha value is -3.52. The number of aromatic nitrogens is 4. The van der Waals surface area contributed by atoms with E-state index in [1.807, 2.05) is 49.4 Å². The van der Waals surface area contributed by atoms with Crippen molar-refractivity contribution in [3.8, 4) is 23.0 Å². The van der Waals surface area contributed by atoms with Crippen LogP contribution in [0.5, 0.6) is 11.6 Å². The van der Waals surface area contributed by atoms with Gasteiger partial charge in [-0.1, -0.05) is 28.1 Å². The standard InChI is InChI=1S/C21H16BrN5O2/c1-13-24-20(27-26-13)14-3-2-4-17(11-14)25-21(28)15-5-10-19(23-12-15)29-18-8-6-16(22)7-9-18/h2-12H,1H3,(H,25,28)(H,24,26,27). The van der Waals surface area contributed by atoms with Crippen LogP contribution in [0.2, 0.25) is 0 Å². The molecular weight excluding hydrogens is 434 g/mol. The maximum Gasteiger partial charge on any atom is 0.257 e. The van der Waals surface area contributed by atoms with E-state index in [4.69, 9.17) is 4.74 Å². The molecule has 0 atom stereocenters. The minimum atomic E-state index is -0.268. The number of benzene rings is 2. The Morgan fingerprint density at radius 3 is 2.62 bits per heavy atom. The maximum absolute atomic E-state index is 12.5. The van der Waals surface area contributed by atoms with E-state index < -0.39 is 0 Å². The zero-order valence-electron chi connectivity index (χ0n) is 15.4. The van der Waals surface area contributed by atoms with E-state index >= 15 is 0 Å². The molecule has 2 N–H and O–H groups in total. The average molecular weight is 450 g/mol. The third-order valence-electron chi connectivity index (χ3n) is 4.01. The number of halogens is 1. The van der Waals surface area contributed by atoms with Crippen molar-refractivity contribution < 1.29 is 9.53 Å². The number of carbonyl (C=O) groups excluding carboxylic acids is 1. The summed E-state index contributed by atoms with van der Waals surface area (Å²) >= 11 is 3.38. The predicted octanol–water partition coefficient (Wildman–Crippen LogP) is 4.98. The van der Waals surface area contributed by atoms with Crippen LogP contribution in [0, 0.1) is 6.92 Å². The zero-order chi connectivity index (χ0) is 20.2. The summed E-state index contributed by atoms with van der Waals surface area (Å²) in [6, 6.07) is 18.1. The number of hydrogen-bond acceptors (Lipinski definition) is 5. The number of aromatic amines is 1. The summed E-state index contributed by atoms with van der Waals surface area (Å²) < 4.78 is 6.64. The number of H-pyrrole nitrogens is 1. The van der Waals surface area contributed by atoms with Crippen molar-refractivity contribution >= 4 is 27.5 Å². The Bertz CT molecular complexity index is 1140. The van der Waals surface area contributed by atoms with Crippen molar-refractivity contribution in [2.24, 2.45) is 0 Å². The van der Waals surface area contributed by atoms with Crippen LogP contribution in [0.3, 0.4) is 0 Å². The third kappa shape index (κ3) is 4.67. The zero-order valence-corrected chi connectivity index (χ0v) is 17.0. The first-order valence-corrected chi connectivity index (χ1v) is 9.56. The van der Waals surface area contributed by atoms with Crippen molar-refractivity contribution in [2.45, 2.75) is 6.92 Å². The van der Waals surface area contributed by atoms with Gasteiger partial charge in [0.1, 0.15) is 11.6 Å². The summed E-state index contributed by atoms with van der Waals surface area (Å²) in [5.74, 6) is 2.11. The highest BCUT2D eigenvalue weighted by Crippen LogP contribution is 2.23. The monoisotopic (exact) mass is 449 g/mol. The van der Waals surface area contributed by atoms with Gasteiger partial charge in [0.15, 0.2) is 5.82 Å². The summed E-state index contributed by atoms with van der Waals surface area (Å²) in [7, 11) is 0. The molecule has 4 aromatic rings. The lowest BCUT2D eigenvalue weighted by molar-refractivity contribution is 0.102. The lowest BCUT2D eigenvalue weighted by Gasteiger charge is -2.08. The summed E-state index contributed by atoms with van der Waals surface area (Å²) in [6.45, 7) is 1.83. The van der Waals surface area contributed by atoms with Crippen molar-refractivity contribution in [3.05, 3.63) is 82.7 Å². The van der Waals surface area contributed by atoms with Crippen LogP contribution >= 0.6 is 15.9 Å². The predicted molar refractivity (Wildman–Crippen MR) is 113 cm³/mol. The van der Waals surface area contributed by atoms with Crippen LogP contribution in [-0.2, 0) is 0 Å². The second-order valence-corrected chi connectivity index (χ2v) is 7.14. The van der Waals surface area contributed by atoms with Gasteiger partial charge in [-0.2, -0.15) is 5.10 Å². The second kappa shape index (κ2) is 8.24. The molecule has 0 aliphatic heterocycles. The molecule has 0 bridgehead atoms. The number of nitrogens with zero attached hydrogens (tertiary/aromatic N) is 3. The van der Waals surface area contributed by atoms with Gasteiger partial charge in [-0.15, -0.1) is 0 Å². The molecule has 8 heteroatoms. The number of carbonyl (C=O) groups is 1. The Morgan fingerprint density at radius 2 is 1.93 bits per heavy atom. The SMILES string of the molecule is Cc1nc(-c2cccc(NC(=O)c3ccc(Oc4ccc(Br)cc4)nc3)c2)n[nH]1. The molecule has 0 unspecified atom stereocenters. The molecule has 1 amide bonds. The maximum atomic E-state index is 12.5. The molecule has 144 valence electrons. The van der Waals surface area contributed by atoms with E-state index in [2.05, 4.69) is 41.4 Å². The molecule has 0 aliphatic carbocycles. The molecule has 0 fully saturated rings. The second-order valence-electron chi connectivity index (χ2n) is 6.22. The lowest BCUT2D eigenvalue weighted by atomic mass is 10.2. The Balaban J connectivity index is 1.44. The molecule has 7 nitrogen and oxygen atoms in total. The van der Waals surface area contributed by atoms with Crippen molar-refractivity contribution in [1.29, 1.82) is 0 Å². The van der Waals surface area contributed by atoms with Gasteiger partial charge in [-0.3, -0.25) is 9.89 Å². The van der Waals surface area contributed by atoms with Crippen molar-refractivity contribution in [1.82, 2.24) is 20.2 Å². The normalized spacial score (nSPS) is 10.6. The molecule has 2 heterocycles. The fraction of sp³-hybridized carbons (Fsp3) is 0.0476. The van der Waals surface area contributed by atoms with Gasteiger partial charge in [-0.25, -0.2) is 9.97 Å². The summed E-state index contributed by atoms with van der Waals surface area (Å²) in [6.07, 6.45) is 1.48. The molecule has 0 spiro atoms. The van der Waals surface area contributed by atoms with Gasteiger partial charge in [0, 0.05) is 28.0 Å². The van der Waals surface area contributed by atoms with E-state index in [1.54, 1.807) is 18.2 Å². The minimum absolute atomic E-state index is 0.268. The molecule has 4 rings (SSSR count). The van der Waals surface area contributed by atoms with Crippen LogP contribution in [0.4, 0.5) is 5.69 Å². The third-order valence-corrected chi connectivity index (χ3v) is 4.54. The molecule has 29 heavy (non-hydrogen) atoms. The fourth-order valence-electron chi connectivity index (χ4n) is 2.61. The van der Waals surface area contributed by atoms with Crippen LogP contribution in [-0.4, -0.2) is 26.1 Å². The van der Waals surface area contributed by atoms with E-state index in [1.165, 1.54) is 6.20 Å². The summed E-state index contributed by atoms with van der Waals surface area (Å²) in [4.78, 5) is 21.0. The van der Waals surface area contributed by atoms with Gasteiger partial charge in [0.05, 0.1) is 5.56 Å². The van der Waals surface area contributed by atoms with E-state index in [9.17, 15) is 4.79 Å². The number of aryl methyl sites for hydroxylation is 1. The molecule has 0 radical (unpaired) electrons. The minimum Gasteiger partial charge on any atom is -0.439 e. The lowest BCUT2D eigenvalue weighted by Crippen LogP contribution is -2.12. The largest absolute Gasteiger partial charge is 0.439 e. The smallest absolute Gasteiger partial charge is 0.257 e. The fourth-order valence-corrected chi connectivity index (χ4v) is 2.87. The molecule has 0 saturated heterocycles. The van der Waals surface area contributed by atoms with E-state index in [-0.39, 0.29) is 5.91 Å². The summed E-state index contributed by atoms with van der Waals surface area (Å²) in [5, 5.41) is 9.81. The quantitative estimate of drug-likeness (QED) is 0.447. The molecule has 2 aromatic carbocycles. The number of hydrogen-bond donors (Lipinski definition) is 2. The van der Waals surface area contributed by atoms with Gasteiger partial charge in [0.2, 0.25) is 5.88 Å². The van der Waals surface area contributed by atoms with Crippen LogP contribution in [0.25, 0.3) is 11.4 Å². The topological polar surface area (TPSA) is 92.8 Å². The first-order valence-electron chi connectivity index (χ1n) is 8.77.